The normalized spacial score (nSPS) is 10.7. The zero-order valence-electron chi connectivity index (χ0n) is 9.95. The minimum atomic E-state index is -0.559. The number of nitrogens with two attached hydrogens (primary N) is 2. The van der Waals surface area contributed by atoms with E-state index in [1.807, 2.05) is 12.1 Å². The van der Waals surface area contributed by atoms with Crippen molar-refractivity contribution >= 4 is 22.5 Å². The Kier molecular flexibility index (Phi) is 2.42. The number of pyridine rings is 1. The van der Waals surface area contributed by atoms with Gasteiger partial charge in [0.1, 0.15) is 5.69 Å². The van der Waals surface area contributed by atoms with E-state index in [0.717, 1.165) is 11.1 Å². The number of para-hydroxylation sites is 1. The van der Waals surface area contributed by atoms with Crippen LogP contribution in [-0.4, -0.2) is 20.7 Å². The first-order chi connectivity index (χ1) is 9.16. The number of fused-ring (bicyclic) bond motifs is 1. The van der Waals surface area contributed by atoms with Crippen molar-refractivity contribution in [1.82, 2.24) is 14.8 Å². The molecule has 2 heterocycles. The van der Waals surface area contributed by atoms with Crippen LogP contribution in [0.4, 0.5) is 5.69 Å². The first-order valence-electron chi connectivity index (χ1n) is 5.66. The molecule has 3 aromatic rings. The fourth-order valence-electron chi connectivity index (χ4n) is 1.97. The molecule has 0 spiro atoms. The molecule has 0 aliphatic carbocycles. The predicted molar refractivity (Wildman–Crippen MR) is 71.8 cm³/mol. The fourth-order valence-corrected chi connectivity index (χ4v) is 1.97. The third-order valence-corrected chi connectivity index (χ3v) is 2.87. The topological polar surface area (TPSA) is 99.8 Å². The highest BCUT2D eigenvalue weighted by atomic mass is 16.1. The maximum Gasteiger partial charge on any atom is 0.269 e. The Bertz CT molecular complexity index is 778. The number of hydrogen-bond donors (Lipinski definition) is 2. The van der Waals surface area contributed by atoms with Gasteiger partial charge in [0.25, 0.3) is 5.91 Å². The number of primary amides is 1. The van der Waals surface area contributed by atoms with Gasteiger partial charge in [-0.2, -0.15) is 5.10 Å². The molecule has 0 aliphatic heterocycles. The fraction of sp³-hybridized carbons (Fsp3) is 0. The van der Waals surface area contributed by atoms with E-state index in [0.29, 0.717) is 11.2 Å². The first-order valence-corrected chi connectivity index (χ1v) is 5.66. The minimum Gasteiger partial charge on any atom is -0.397 e. The van der Waals surface area contributed by atoms with Crippen LogP contribution in [0.5, 0.6) is 0 Å². The lowest BCUT2D eigenvalue weighted by Crippen LogP contribution is -2.12. The lowest BCUT2D eigenvalue weighted by atomic mass is 10.1. The molecule has 0 atom stereocenters. The van der Waals surface area contributed by atoms with Gasteiger partial charge in [-0.1, -0.05) is 12.1 Å². The van der Waals surface area contributed by atoms with E-state index >= 15 is 0 Å². The molecule has 1 amide bonds. The largest absolute Gasteiger partial charge is 0.397 e. The molecule has 94 valence electrons. The summed E-state index contributed by atoms with van der Waals surface area (Å²) in [4.78, 5) is 15.3. The van der Waals surface area contributed by atoms with Crippen molar-refractivity contribution in [3.8, 4) is 5.69 Å². The van der Waals surface area contributed by atoms with Crippen molar-refractivity contribution in [2.75, 3.05) is 5.73 Å². The summed E-state index contributed by atoms with van der Waals surface area (Å²) >= 11 is 0. The standard InChI is InChI=1S/C13H11N5O/c14-9-3-1-2-8-11(4-6-16-12(8)9)18-7-5-10(17-18)13(15)19/h1-7H,14H2,(H2,15,19). The maximum absolute atomic E-state index is 11.1. The Balaban J connectivity index is 2.24. The molecule has 4 N–H and O–H groups in total. The second-order valence-electron chi connectivity index (χ2n) is 4.08. The number of carbonyl (C=O) groups is 1. The molecule has 0 bridgehead atoms. The summed E-state index contributed by atoms with van der Waals surface area (Å²) in [5.41, 5.74) is 13.4. The number of nitrogen functional groups attached to an aromatic ring is 1. The van der Waals surface area contributed by atoms with Gasteiger partial charge in [-0.25, -0.2) is 4.68 Å². The van der Waals surface area contributed by atoms with Crippen LogP contribution in [0.3, 0.4) is 0 Å². The number of nitrogens with zero attached hydrogens (tertiary/aromatic N) is 3. The van der Waals surface area contributed by atoms with Gasteiger partial charge < -0.3 is 11.5 Å². The predicted octanol–water partition coefficient (Wildman–Crippen LogP) is 1.10. The number of anilines is 1. The first kappa shape index (κ1) is 11.2. The average molecular weight is 253 g/mol. The van der Waals surface area contributed by atoms with Gasteiger partial charge in [0, 0.05) is 17.8 Å². The Labute approximate surface area is 108 Å². The van der Waals surface area contributed by atoms with E-state index < -0.39 is 5.91 Å². The van der Waals surface area contributed by atoms with E-state index in [4.69, 9.17) is 11.5 Å². The van der Waals surface area contributed by atoms with Crippen molar-refractivity contribution < 1.29 is 4.79 Å². The van der Waals surface area contributed by atoms with E-state index in [2.05, 4.69) is 10.1 Å². The van der Waals surface area contributed by atoms with E-state index in [9.17, 15) is 4.79 Å². The SMILES string of the molecule is NC(=O)c1ccn(-c2ccnc3c(N)cccc23)n1. The highest BCUT2D eigenvalue weighted by molar-refractivity contribution is 5.95. The van der Waals surface area contributed by atoms with Gasteiger partial charge in [0.2, 0.25) is 0 Å². The molecule has 0 aliphatic rings. The lowest BCUT2D eigenvalue weighted by Gasteiger charge is -2.07. The van der Waals surface area contributed by atoms with Crippen molar-refractivity contribution in [2.45, 2.75) is 0 Å². The monoisotopic (exact) mass is 253 g/mol. The Morgan fingerprint density at radius 3 is 2.79 bits per heavy atom. The summed E-state index contributed by atoms with van der Waals surface area (Å²) in [6, 6.07) is 8.92. The molecule has 3 rings (SSSR count). The molecule has 0 fully saturated rings. The summed E-state index contributed by atoms with van der Waals surface area (Å²) in [7, 11) is 0. The summed E-state index contributed by atoms with van der Waals surface area (Å²) in [6.45, 7) is 0. The molecule has 2 aromatic heterocycles. The third kappa shape index (κ3) is 1.79. The zero-order valence-corrected chi connectivity index (χ0v) is 9.95. The number of aromatic nitrogens is 3. The summed E-state index contributed by atoms with van der Waals surface area (Å²) in [5.74, 6) is -0.559. The quantitative estimate of drug-likeness (QED) is 0.668. The van der Waals surface area contributed by atoms with Gasteiger partial charge in [0.15, 0.2) is 0 Å². The van der Waals surface area contributed by atoms with Crippen LogP contribution in [0.25, 0.3) is 16.6 Å². The molecule has 1 aromatic carbocycles. The molecular formula is C13H11N5O. The molecule has 0 radical (unpaired) electrons. The van der Waals surface area contributed by atoms with Gasteiger partial charge in [-0.15, -0.1) is 0 Å². The molecular weight excluding hydrogens is 242 g/mol. The van der Waals surface area contributed by atoms with Gasteiger partial charge >= 0.3 is 0 Å². The Morgan fingerprint density at radius 2 is 2.05 bits per heavy atom. The van der Waals surface area contributed by atoms with Crippen molar-refractivity contribution in [3.63, 3.8) is 0 Å². The smallest absolute Gasteiger partial charge is 0.269 e. The second-order valence-corrected chi connectivity index (χ2v) is 4.08. The minimum absolute atomic E-state index is 0.217. The van der Waals surface area contributed by atoms with Crippen molar-refractivity contribution in [1.29, 1.82) is 0 Å². The molecule has 0 saturated heterocycles. The van der Waals surface area contributed by atoms with Gasteiger partial charge in [0.05, 0.1) is 16.9 Å². The third-order valence-electron chi connectivity index (χ3n) is 2.87. The molecule has 0 saturated carbocycles. The summed E-state index contributed by atoms with van der Waals surface area (Å²) < 4.78 is 1.59. The molecule has 0 unspecified atom stereocenters. The van der Waals surface area contributed by atoms with Crippen LogP contribution in [0.1, 0.15) is 10.5 Å². The zero-order chi connectivity index (χ0) is 13.4. The molecule has 6 nitrogen and oxygen atoms in total. The highest BCUT2D eigenvalue weighted by Crippen LogP contribution is 2.24. The summed E-state index contributed by atoms with van der Waals surface area (Å²) in [6.07, 6.45) is 3.33. The Hall–Kier alpha value is -2.89. The van der Waals surface area contributed by atoms with E-state index in [-0.39, 0.29) is 5.69 Å². The number of carbonyl (C=O) groups excluding carboxylic acids is 1. The molecule has 6 heteroatoms. The van der Waals surface area contributed by atoms with Crippen LogP contribution in [0.15, 0.2) is 42.7 Å². The highest BCUT2D eigenvalue weighted by Gasteiger charge is 2.09. The van der Waals surface area contributed by atoms with Gasteiger partial charge in [-0.05, 0) is 18.2 Å². The average Bonchev–Trinajstić information content (AvgIpc) is 2.88. The van der Waals surface area contributed by atoms with Crippen LogP contribution in [0, 0.1) is 0 Å². The number of rotatable bonds is 2. The Morgan fingerprint density at radius 1 is 1.21 bits per heavy atom. The number of benzene rings is 1. The maximum atomic E-state index is 11.1. The second kappa shape index (κ2) is 4.09. The molecule has 19 heavy (non-hydrogen) atoms. The van der Waals surface area contributed by atoms with Crippen LogP contribution < -0.4 is 11.5 Å². The van der Waals surface area contributed by atoms with Crippen LogP contribution >= 0.6 is 0 Å². The van der Waals surface area contributed by atoms with E-state index in [1.54, 1.807) is 35.3 Å². The summed E-state index contributed by atoms with van der Waals surface area (Å²) in [5, 5.41) is 5.00. The lowest BCUT2D eigenvalue weighted by molar-refractivity contribution is 0.0995. The number of amides is 1. The van der Waals surface area contributed by atoms with Crippen LogP contribution in [-0.2, 0) is 0 Å². The van der Waals surface area contributed by atoms with Crippen molar-refractivity contribution in [3.05, 3.63) is 48.4 Å². The van der Waals surface area contributed by atoms with E-state index in [1.165, 1.54) is 0 Å². The van der Waals surface area contributed by atoms with Gasteiger partial charge in [-0.3, -0.25) is 9.78 Å². The van der Waals surface area contributed by atoms with Crippen LogP contribution in [0.2, 0.25) is 0 Å². The number of hydrogen-bond acceptors (Lipinski definition) is 4. The van der Waals surface area contributed by atoms with Crippen molar-refractivity contribution in [2.24, 2.45) is 5.73 Å².